The fourth-order valence-electron chi connectivity index (χ4n) is 6.99. The normalized spacial score (nSPS) is 28.6. The molecule has 1 spiro atoms. The van der Waals surface area contributed by atoms with Gasteiger partial charge in [-0.1, -0.05) is 66.9 Å². The van der Waals surface area contributed by atoms with Crippen LogP contribution < -0.4 is 10.6 Å². The molecule has 3 aliphatic rings. The lowest BCUT2D eigenvalue weighted by Crippen LogP contribution is -2.52. The number of carbonyl (C=O) groups excluding carboxylic acids is 3. The highest BCUT2D eigenvalue weighted by Crippen LogP contribution is 2.71. The summed E-state index contributed by atoms with van der Waals surface area (Å²) in [6.07, 6.45) is 4.63. The van der Waals surface area contributed by atoms with Gasteiger partial charge in [0.2, 0.25) is 17.7 Å². The Morgan fingerprint density at radius 1 is 1.05 bits per heavy atom. The third-order valence-electron chi connectivity index (χ3n) is 8.89. The van der Waals surface area contributed by atoms with Crippen LogP contribution in [0.15, 0.2) is 48.5 Å². The van der Waals surface area contributed by atoms with Crippen LogP contribution in [0.25, 0.3) is 0 Å². The number of anilines is 1. The molecule has 2 bridgehead atoms. The van der Waals surface area contributed by atoms with E-state index in [0.717, 1.165) is 36.8 Å². The smallest absolute Gasteiger partial charge is 0.248 e. The number of hydrogen-bond acceptors (Lipinski definition) is 5. The lowest BCUT2D eigenvalue weighted by Gasteiger charge is -2.35. The summed E-state index contributed by atoms with van der Waals surface area (Å²) < 4.78 is -1.10. The molecule has 3 aliphatic heterocycles. The van der Waals surface area contributed by atoms with Crippen molar-refractivity contribution in [1.29, 1.82) is 0 Å². The minimum absolute atomic E-state index is 0.103. The molecule has 5 rings (SSSR count). The highest BCUT2D eigenvalue weighted by Gasteiger charge is 2.77. The first-order chi connectivity index (χ1) is 19.2. The second-order valence-electron chi connectivity index (χ2n) is 11.5. The first-order valence-electron chi connectivity index (χ1n) is 14.2. The molecule has 3 saturated heterocycles. The number of aryl methyl sites for hydroxylation is 1. The molecule has 5 atom stereocenters. The van der Waals surface area contributed by atoms with Crippen molar-refractivity contribution in [3.05, 3.63) is 64.7 Å². The molecule has 3 N–H and O–H groups in total. The van der Waals surface area contributed by atoms with E-state index in [1.54, 1.807) is 22.7 Å². The van der Waals surface area contributed by atoms with E-state index >= 15 is 0 Å². The fraction of sp³-hybridized carbons (Fsp3) is 0.516. The Kier molecular flexibility index (Phi) is 8.50. The molecule has 0 saturated carbocycles. The Morgan fingerprint density at radius 3 is 2.52 bits per heavy atom. The van der Waals surface area contributed by atoms with E-state index in [2.05, 4.69) is 17.6 Å². The van der Waals surface area contributed by atoms with Gasteiger partial charge in [-0.15, -0.1) is 11.8 Å². The zero-order chi connectivity index (χ0) is 28.5. The second kappa shape index (κ2) is 11.7. The van der Waals surface area contributed by atoms with Gasteiger partial charge in [0.15, 0.2) is 0 Å². The number of nitrogens with zero attached hydrogens (tertiary/aromatic N) is 1. The molecular formula is C31H38ClN3O4S. The van der Waals surface area contributed by atoms with Crippen LogP contribution in [0.2, 0.25) is 5.02 Å². The molecule has 3 amide bonds. The number of benzene rings is 2. The number of rotatable bonds is 11. The largest absolute Gasteiger partial charge is 0.396 e. The lowest BCUT2D eigenvalue weighted by molar-refractivity contribution is -0.140. The first-order valence-corrected chi connectivity index (χ1v) is 15.4. The highest BCUT2D eigenvalue weighted by atomic mass is 35.5. The molecule has 9 heteroatoms. The molecule has 0 aromatic heterocycles. The van der Waals surface area contributed by atoms with Crippen molar-refractivity contribution in [3.63, 3.8) is 0 Å². The Bertz CT molecular complexity index is 1260. The van der Waals surface area contributed by atoms with E-state index in [1.165, 1.54) is 0 Å². The van der Waals surface area contributed by atoms with E-state index in [1.807, 2.05) is 49.4 Å². The lowest BCUT2D eigenvalue weighted by atomic mass is 9.66. The molecular weight excluding hydrogens is 546 g/mol. The van der Waals surface area contributed by atoms with Crippen molar-refractivity contribution in [2.45, 2.75) is 74.5 Å². The fourth-order valence-corrected chi connectivity index (χ4v) is 9.62. The number of nitrogens with one attached hydrogen (secondary N) is 2. The Balaban J connectivity index is 1.44. The van der Waals surface area contributed by atoms with Crippen LogP contribution in [0.5, 0.6) is 0 Å². The summed E-state index contributed by atoms with van der Waals surface area (Å²) in [6, 6.07) is 14.5. The zero-order valence-electron chi connectivity index (χ0n) is 23.1. The maximum Gasteiger partial charge on any atom is 0.248 e. The Labute approximate surface area is 245 Å². The second-order valence-corrected chi connectivity index (χ2v) is 13.8. The average Bonchev–Trinajstić information content (AvgIpc) is 3.50. The summed E-state index contributed by atoms with van der Waals surface area (Å²) in [5.74, 6) is -1.55. The molecule has 214 valence electrons. The summed E-state index contributed by atoms with van der Waals surface area (Å²) in [5, 5.41) is 15.8. The average molecular weight is 584 g/mol. The number of amides is 3. The number of aliphatic hydroxyl groups is 1. The van der Waals surface area contributed by atoms with Gasteiger partial charge in [0, 0.05) is 24.4 Å². The topological polar surface area (TPSA) is 98.7 Å². The number of fused-ring (bicyclic) bond motifs is 1. The minimum Gasteiger partial charge on any atom is -0.396 e. The van der Waals surface area contributed by atoms with Gasteiger partial charge in [-0.25, -0.2) is 0 Å². The summed E-state index contributed by atoms with van der Waals surface area (Å²) in [4.78, 5) is 43.8. The van der Waals surface area contributed by atoms with Crippen LogP contribution in [0.3, 0.4) is 0 Å². The summed E-state index contributed by atoms with van der Waals surface area (Å²) in [6.45, 7) is 4.96. The van der Waals surface area contributed by atoms with Crippen LogP contribution in [-0.4, -0.2) is 56.4 Å². The molecule has 2 aromatic carbocycles. The highest BCUT2D eigenvalue weighted by molar-refractivity contribution is 8.02. The number of carbonyl (C=O) groups is 3. The van der Waals surface area contributed by atoms with Crippen molar-refractivity contribution in [3.8, 4) is 0 Å². The van der Waals surface area contributed by atoms with Crippen LogP contribution in [0, 0.1) is 18.8 Å². The molecule has 3 fully saturated rings. The van der Waals surface area contributed by atoms with Gasteiger partial charge >= 0.3 is 0 Å². The molecule has 0 aliphatic carbocycles. The number of likely N-dealkylation sites (tertiary alicyclic amines) is 1. The van der Waals surface area contributed by atoms with Crippen LogP contribution >= 0.6 is 23.4 Å². The van der Waals surface area contributed by atoms with E-state index in [0.29, 0.717) is 36.6 Å². The summed E-state index contributed by atoms with van der Waals surface area (Å²) >= 11 is 8.13. The quantitative estimate of drug-likeness (QED) is 0.326. The van der Waals surface area contributed by atoms with Gasteiger partial charge in [-0.2, -0.15) is 0 Å². The van der Waals surface area contributed by atoms with Gasteiger partial charge in [-0.05, 0) is 56.7 Å². The standard InChI is InChI=1S/C31H38ClN3O4S/c1-20-11-10-14-22(32)25(20)34-28(38)26-31-16-15-30(2,40-31)23(27(37)33-19-21-12-6-5-7-13-21)24(31)29(39)35(26)17-8-3-4-9-18-36/h5-7,10-14,23-24,26,36H,3-4,8-9,15-19H2,1-2H3,(H,33,37)(H,34,38)/t23-,24+,26?,30+,31?/m1/s1. The molecule has 2 aromatic rings. The maximum atomic E-state index is 14.2. The van der Waals surface area contributed by atoms with Crippen molar-refractivity contribution in [2.75, 3.05) is 18.5 Å². The molecule has 0 radical (unpaired) electrons. The predicted octanol–water partition coefficient (Wildman–Crippen LogP) is 4.94. The van der Waals surface area contributed by atoms with Gasteiger partial charge in [0.25, 0.3) is 0 Å². The number of unbranched alkanes of at least 4 members (excludes halogenated alkanes) is 3. The zero-order valence-corrected chi connectivity index (χ0v) is 24.7. The van der Waals surface area contributed by atoms with Gasteiger partial charge < -0.3 is 20.6 Å². The van der Waals surface area contributed by atoms with Crippen LogP contribution in [-0.2, 0) is 20.9 Å². The molecule has 7 nitrogen and oxygen atoms in total. The van der Waals surface area contributed by atoms with E-state index in [9.17, 15) is 14.4 Å². The van der Waals surface area contributed by atoms with Crippen molar-refractivity contribution in [1.82, 2.24) is 10.2 Å². The SMILES string of the molecule is Cc1cccc(Cl)c1NC(=O)C1N(CCCCCCO)C(=O)[C@@H]2[C@H](C(=O)NCc3ccccc3)[C@]3(C)CCC12S3. The molecule has 3 heterocycles. The third-order valence-corrected chi connectivity index (χ3v) is 11.2. The monoisotopic (exact) mass is 583 g/mol. The number of aliphatic hydroxyl groups excluding tert-OH is 1. The molecule has 40 heavy (non-hydrogen) atoms. The Morgan fingerprint density at radius 2 is 1.80 bits per heavy atom. The number of thioether (sulfide) groups is 1. The van der Waals surface area contributed by atoms with Crippen LogP contribution in [0.4, 0.5) is 5.69 Å². The number of para-hydroxylation sites is 1. The number of halogens is 1. The van der Waals surface area contributed by atoms with E-state index in [4.69, 9.17) is 16.7 Å². The van der Waals surface area contributed by atoms with E-state index < -0.39 is 27.4 Å². The Hall–Kier alpha value is -2.55. The van der Waals surface area contributed by atoms with Crippen molar-refractivity contribution in [2.24, 2.45) is 11.8 Å². The summed E-state index contributed by atoms with van der Waals surface area (Å²) in [5.41, 5.74) is 2.41. The predicted molar refractivity (Wildman–Crippen MR) is 159 cm³/mol. The van der Waals surface area contributed by atoms with E-state index in [-0.39, 0.29) is 24.3 Å². The van der Waals surface area contributed by atoms with Crippen LogP contribution in [0.1, 0.15) is 56.6 Å². The number of hydrogen-bond donors (Lipinski definition) is 3. The minimum atomic E-state index is -0.697. The maximum absolute atomic E-state index is 14.2. The van der Waals surface area contributed by atoms with Gasteiger partial charge in [0.05, 0.1) is 27.3 Å². The van der Waals surface area contributed by atoms with Crippen molar-refractivity contribution < 1.29 is 19.5 Å². The van der Waals surface area contributed by atoms with Gasteiger partial charge in [0.1, 0.15) is 6.04 Å². The van der Waals surface area contributed by atoms with Gasteiger partial charge in [-0.3, -0.25) is 14.4 Å². The third kappa shape index (κ3) is 5.14. The first kappa shape index (κ1) is 29.0. The summed E-state index contributed by atoms with van der Waals surface area (Å²) in [7, 11) is 0. The van der Waals surface area contributed by atoms with Crippen molar-refractivity contribution >= 4 is 46.8 Å². The molecule has 2 unspecified atom stereocenters.